The van der Waals surface area contributed by atoms with Crippen molar-refractivity contribution >= 4 is 17.5 Å². The summed E-state index contributed by atoms with van der Waals surface area (Å²) >= 11 is 5.56. The number of hydrogen-bond acceptors (Lipinski definition) is 3. The summed E-state index contributed by atoms with van der Waals surface area (Å²) in [5.74, 6) is 0.0609. The van der Waals surface area contributed by atoms with E-state index in [4.69, 9.17) is 21.1 Å². The van der Waals surface area contributed by atoms with Crippen LogP contribution in [0.2, 0.25) is 0 Å². The molecule has 0 aromatic rings. The molecule has 0 aromatic carbocycles. The second-order valence-electron chi connectivity index (χ2n) is 4.58. The molecular formula is C11H18ClNO3. The smallest absolute Gasteiger partial charge is 0.237 e. The van der Waals surface area contributed by atoms with Gasteiger partial charge in [-0.3, -0.25) is 4.79 Å². The lowest BCUT2D eigenvalue weighted by atomic mass is 9.91. The third kappa shape index (κ3) is 2.34. The quantitative estimate of drug-likeness (QED) is 0.684. The fourth-order valence-electron chi connectivity index (χ4n) is 2.61. The van der Waals surface area contributed by atoms with E-state index in [9.17, 15) is 4.79 Å². The molecule has 4 nitrogen and oxygen atoms in total. The highest BCUT2D eigenvalue weighted by molar-refractivity contribution is 6.27. The topological polar surface area (TPSA) is 38.8 Å². The van der Waals surface area contributed by atoms with Crippen LogP contribution in [0.25, 0.3) is 0 Å². The van der Waals surface area contributed by atoms with Crippen molar-refractivity contribution in [3.8, 4) is 0 Å². The molecule has 92 valence electrons. The van der Waals surface area contributed by atoms with Crippen molar-refractivity contribution in [2.45, 2.75) is 31.0 Å². The third-order valence-electron chi connectivity index (χ3n) is 3.56. The molecule has 2 aliphatic rings. The SMILES string of the molecule is CO[C@@H]1CCO[C@@]2(CCN(C(=O)CCl)C2)C1. The summed E-state index contributed by atoms with van der Waals surface area (Å²) < 4.78 is 11.3. The lowest BCUT2D eigenvalue weighted by Crippen LogP contribution is -2.45. The number of carbonyl (C=O) groups is 1. The summed E-state index contributed by atoms with van der Waals surface area (Å²) in [6.07, 6.45) is 2.99. The second kappa shape index (κ2) is 4.90. The van der Waals surface area contributed by atoms with Gasteiger partial charge in [0, 0.05) is 33.2 Å². The van der Waals surface area contributed by atoms with Crippen molar-refractivity contribution < 1.29 is 14.3 Å². The van der Waals surface area contributed by atoms with Crippen molar-refractivity contribution in [3.05, 3.63) is 0 Å². The number of nitrogens with zero attached hydrogens (tertiary/aromatic N) is 1. The Hall–Kier alpha value is -0.320. The minimum Gasteiger partial charge on any atom is -0.381 e. The van der Waals surface area contributed by atoms with Gasteiger partial charge in [-0.25, -0.2) is 0 Å². The molecule has 0 aliphatic carbocycles. The number of ether oxygens (including phenoxy) is 2. The molecule has 0 N–H and O–H groups in total. The molecule has 2 fully saturated rings. The molecule has 2 rings (SSSR count). The van der Waals surface area contributed by atoms with Gasteiger partial charge in [-0.2, -0.15) is 0 Å². The number of carbonyl (C=O) groups excluding carboxylic acids is 1. The molecule has 0 saturated carbocycles. The molecule has 0 unspecified atom stereocenters. The van der Waals surface area contributed by atoms with Crippen LogP contribution in [0.4, 0.5) is 0 Å². The highest BCUT2D eigenvalue weighted by Crippen LogP contribution is 2.35. The molecule has 5 heteroatoms. The van der Waals surface area contributed by atoms with Gasteiger partial charge in [0.1, 0.15) is 5.88 Å². The number of amides is 1. The van der Waals surface area contributed by atoms with Gasteiger partial charge in [-0.15, -0.1) is 11.6 Å². The fourth-order valence-corrected chi connectivity index (χ4v) is 2.78. The van der Waals surface area contributed by atoms with Crippen LogP contribution < -0.4 is 0 Å². The molecule has 2 saturated heterocycles. The molecule has 2 aliphatic heterocycles. The zero-order valence-electron chi connectivity index (χ0n) is 9.58. The molecule has 2 atom stereocenters. The summed E-state index contributed by atoms with van der Waals surface area (Å²) in [6, 6.07) is 0. The summed E-state index contributed by atoms with van der Waals surface area (Å²) in [5.41, 5.74) is -0.180. The summed E-state index contributed by atoms with van der Waals surface area (Å²) in [5, 5.41) is 0. The van der Waals surface area contributed by atoms with E-state index in [0.29, 0.717) is 6.54 Å². The van der Waals surface area contributed by atoms with Crippen LogP contribution in [0.3, 0.4) is 0 Å². The Bertz CT molecular complexity index is 274. The van der Waals surface area contributed by atoms with Crippen LogP contribution in [-0.2, 0) is 14.3 Å². The van der Waals surface area contributed by atoms with E-state index in [1.165, 1.54) is 0 Å². The monoisotopic (exact) mass is 247 g/mol. The number of hydrogen-bond donors (Lipinski definition) is 0. The molecule has 0 aromatic heterocycles. The van der Waals surface area contributed by atoms with Crippen LogP contribution in [0.5, 0.6) is 0 Å². The standard InChI is InChI=1S/C11H18ClNO3/c1-15-9-2-5-16-11(6-9)3-4-13(8-11)10(14)7-12/h9H,2-8H2,1H3/t9-,11+/m1/s1. The zero-order valence-corrected chi connectivity index (χ0v) is 10.3. The molecular weight excluding hydrogens is 230 g/mol. The van der Waals surface area contributed by atoms with E-state index in [1.54, 1.807) is 12.0 Å². The summed E-state index contributed by atoms with van der Waals surface area (Å²) in [6.45, 7) is 2.14. The van der Waals surface area contributed by atoms with E-state index in [2.05, 4.69) is 0 Å². The first kappa shape index (κ1) is 12.1. The number of alkyl halides is 1. The summed E-state index contributed by atoms with van der Waals surface area (Å²) in [7, 11) is 1.74. The van der Waals surface area contributed by atoms with Crippen molar-refractivity contribution in [2.75, 3.05) is 32.7 Å². The predicted octanol–water partition coefficient (Wildman–Crippen LogP) is 1.02. The minimum atomic E-state index is -0.180. The Morgan fingerprint density at radius 2 is 2.50 bits per heavy atom. The molecule has 1 spiro atoms. The van der Waals surface area contributed by atoms with Gasteiger partial charge < -0.3 is 14.4 Å². The van der Waals surface area contributed by atoms with Gasteiger partial charge in [0.2, 0.25) is 5.91 Å². The van der Waals surface area contributed by atoms with Gasteiger partial charge in [0.05, 0.1) is 11.7 Å². The number of likely N-dealkylation sites (tertiary alicyclic amines) is 1. The first-order chi connectivity index (χ1) is 7.69. The van der Waals surface area contributed by atoms with Crippen LogP contribution in [-0.4, -0.2) is 55.2 Å². The van der Waals surface area contributed by atoms with Crippen LogP contribution >= 0.6 is 11.6 Å². The van der Waals surface area contributed by atoms with E-state index in [1.807, 2.05) is 0 Å². The second-order valence-corrected chi connectivity index (χ2v) is 4.85. The highest BCUT2D eigenvalue weighted by atomic mass is 35.5. The lowest BCUT2D eigenvalue weighted by Gasteiger charge is -2.37. The Morgan fingerprint density at radius 1 is 1.69 bits per heavy atom. The van der Waals surface area contributed by atoms with Crippen molar-refractivity contribution in [1.29, 1.82) is 0 Å². The predicted molar refractivity (Wildman–Crippen MR) is 60.6 cm³/mol. The Balaban J connectivity index is 1.97. The van der Waals surface area contributed by atoms with Crippen molar-refractivity contribution in [2.24, 2.45) is 0 Å². The number of halogens is 1. The maximum atomic E-state index is 11.5. The Morgan fingerprint density at radius 3 is 3.19 bits per heavy atom. The van der Waals surface area contributed by atoms with E-state index in [0.717, 1.165) is 32.4 Å². The van der Waals surface area contributed by atoms with E-state index < -0.39 is 0 Å². The number of methoxy groups -OCH3 is 1. The largest absolute Gasteiger partial charge is 0.381 e. The fraction of sp³-hybridized carbons (Fsp3) is 0.909. The molecule has 16 heavy (non-hydrogen) atoms. The molecule has 1 amide bonds. The van der Waals surface area contributed by atoms with Crippen molar-refractivity contribution in [1.82, 2.24) is 4.90 Å². The maximum absolute atomic E-state index is 11.5. The average Bonchev–Trinajstić information content (AvgIpc) is 2.72. The zero-order chi connectivity index (χ0) is 11.6. The molecule has 0 radical (unpaired) electrons. The normalized spacial score (nSPS) is 34.6. The maximum Gasteiger partial charge on any atom is 0.237 e. The average molecular weight is 248 g/mol. The van der Waals surface area contributed by atoms with Gasteiger partial charge in [0.15, 0.2) is 0 Å². The van der Waals surface area contributed by atoms with Gasteiger partial charge >= 0.3 is 0 Å². The lowest BCUT2D eigenvalue weighted by molar-refractivity contribution is -0.135. The first-order valence-corrected chi connectivity index (χ1v) is 6.23. The van der Waals surface area contributed by atoms with Gasteiger partial charge in [-0.05, 0) is 12.8 Å². The van der Waals surface area contributed by atoms with Crippen LogP contribution in [0.1, 0.15) is 19.3 Å². The highest BCUT2D eigenvalue weighted by Gasteiger charge is 2.44. The van der Waals surface area contributed by atoms with E-state index >= 15 is 0 Å². The van der Waals surface area contributed by atoms with E-state index in [-0.39, 0.29) is 23.5 Å². The molecule has 0 bridgehead atoms. The van der Waals surface area contributed by atoms with Crippen LogP contribution in [0, 0.1) is 0 Å². The van der Waals surface area contributed by atoms with Crippen LogP contribution in [0.15, 0.2) is 0 Å². The third-order valence-corrected chi connectivity index (χ3v) is 3.79. The Labute approximate surface area is 101 Å². The molecule has 2 heterocycles. The number of rotatable bonds is 2. The van der Waals surface area contributed by atoms with Gasteiger partial charge in [0.25, 0.3) is 0 Å². The first-order valence-electron chi connectivity index (χ1n) is 5.69. The van der Waals surface area contributed by atoms with Crippen molar-refractivity contribution in [3.63, 3.8) is 0 Å². The minimum absolute atomic E-state index is 0.00156. The Kier molecular flexibility index (Phi) is 3.72. The summed E-state index contributed by atoms with van der Waals surface area (Å²) in [4.78, 5) is 13.3. The van der Waals surface area contributed by atoms with Gasteiger partial charge in [-0.1, -0.05) is 0 Å².